The number of rotatable bonds is 6. The summed E-state index contributed by atoms with van der Waals surface area (Å²) in [4.78, 5) is 14.7. The van der Waals surface area contributed by atoms with E-state index < -0.39 is 10.8 Å². The van der Waals surface area contributed by atoms with E-state index in [0.29, 0.717) is 15.6 Å². The van der Waals surface area contributed by atoms with Gasteiger partial charge in [-0.1, -0.05) is 13.3 Å². The summed E-state index contributed by atoms with van der Waals surface area (Å²) >= 11 is 2.96. The lowest BCUT2D eigenvalue weighted by atomic mass is 10.1. The second kappa shape index (κ2) is 7.73. The number of pyridine rings is 1. The highest BCUT2D eigenvalue weighted by molar-refractivity contribution is 7.87. The summed E-state index contributed by atoms with van der Waals surface area (Å²) in [5.74, 6) is 1.53. The molecule has 0 aliphatic rings. The van der Waals surface area contributed by atoms with Gasteiger partial charge in [-0.15, -0.1) is 22.7 Å². The Morgan fingerprint density at radius 1 is 1.29 bits per heavy atom. The molecule has 4 rings (SSSR count). The van der Waals surface area contributed by atoms with E-state index in [4.69, 9.17) is 10.7 Å². The van der Waals surface area contributed by atoms with Gasteiger partial charge in [-0.3, -0.25) is 4.21 Å². The van der Waals surface area contributed by atoms with Gasteiger partial charge in [0.25, 0.3) is 0 Å². The fourth-order valence-electron chi connectivity index (χ4n) is 2.99. The third-order valence-corrected chi connectivity index (χ3v) is 8.38. The minimum Gasteiger partial charge on any atom is -0.396 e. The molecule has 0 saturated carbocycles. The van der Waals surface area contributed by atoms with Gasteiger partial charge in [-0.2, -0.15) is 0 Å². The number of aromatic nitrogens is 4. The molecule has 9 heteroatoms. The summed E-state index contributed by atoms with van der Waals surface area (Å²) in [5.41, 5.74) is 9.58. The smallest absolute Gasteiger partial charge is 0.141 e. The molecule has 1 unspecified atom stereocenters. The average Bonchev–Trinajstić information content (AvgIpc) is 3.40. The normalized spacial score (nSPS) is 12.7. The molecule has 0 radical (unpaired) electrons. The van der Waals surface area contributed by atoms with Crippen LogP contribution in [0.5, 0.6) is 0 Å². The van der Waals surface area contributed by atoms with Crippen LogP contribution in [0.4, 0.5) is 5.69 Å². The summed E-state index contributed by atoms with van der Waals surface area (Å²) in [6, 6.07) is 1.99. The van der Waals surface area contributed by atoms with E-state index >= 15 is 0 Å². The van der Waals surface area contributed by atoms with Crippen molar-refractivity contribution in [3.8, 4) is 22.0 Å². The van der Waals surface area contributed by atoms with E-state index in [9.17, 15) is 4.21 Å². The number of aryl methyl sites for hydroxylation is 2. The molecule has 0 aliphatic carbocycles. The zero-order chi connectivity index (χ0) is 19.8. The lowest BCUT2D eigenvalue weighted by Gasteiger charge is -2.05. The van der Waals surface area contributed by atoms with Gasteiger partial charge in [-0.05, 0) is 19.4 Å². The van der Waals surface area contributed by atoms with Gasteiger partial charge in [0.05, 0.1) is 22.2 Å². The number of hydrogen-bond donors (Lipinski definition) is 1. The minimum atomic E-state index is -1.12. The number of nitrogens with two attached hydrogens (primary N) is 1. The van der Waals surface area contributed by atoms with Crippen LogP contribution < -0.4 is 5.73 Å². The molecule has 28 heavy (non-hydrogen) atoms. The third-order valence-electron chi connectivity index (χ3n) is 4.59. The molecular formula is C19H21N5OS3. The number of unbranched alkanes of at least 4 members (excludes halogenated alkanes) is 1. The average molecular weight is 432 g/mol. The van der Waals surface area contributed by atoms with Gasteiger partial charge >= 0.3 is 0 Å². The summed E-state index contributed by atoms with van der Waals surface area (Å²) in [5, 5.41) is 3.61. The highest BCUT2D eigenvalue weighted by atomic mass is 32.2. The first-order valence-corrected chi connectivity index (χ1v) is 12.0. The molecule has 4 aromatic rings. The first-order chi connectivity index (χ1) is 13.5. The minimum absolute atomic E-state index is 0.561. The highest BCUT2D eigenvalue weighted by Crippen LogP contribution is 2.42. The van der Waals surface area contributed by atoms with Crippen LogP contribution in [0, 0.1) is 6.92 Å². The summed E-state index contributed by atoms with van der Waals surface area (Å²) in [7, 11) is 0.847. The van der Waals surface area contributed by atoms with Crippen LogP contribution in [0.2, 0.25) is 0 Å². The number of fused-ring (bicyclic) bond motifs is 1. The van der Waals surface area contributed by atoms with Gasteiger partial charge in [-0.25, -0.2) is 15.0 Å². The third kappa shape index (κ3) is 3.38. The van der Waals surface area contributed by atoms with Crippen molar-refractivity contribution in [1.82, 2.24) is 19.5 Å². The quantitative estimate of drug-likeness (QED) is 0.481. The lowest BCUT2D eigenvalue weighted by molar-refractivity contribution is 0.681. The number of imidazole rings is 1. The monoisotopic (exact) mass is 431 g/mol. The molecule has 0 aromatic carbocycles. The van der Waals surface area contributed by atoms with Crippen LogP contribution >= 0.6 is 22.7 Å². The molecule has 0 saturated heterocycles. The largest absolute Gasteiger partial charge is 0.396 e. The molecule has 146 valence electrons. The van der Waals surface area contributed by atoms with E-state index in [1.54, 1.807) is 6.20 Å². The van der Waals surface area contributed by atoms with E-state index in [1.807, 2.05) is 36.2 Å². The SMILES string of the molecule is CCCCS(=O)c1sc2nc(-c3nccs3)cc(-c3cn(C)c(C)n3)c2c1N. The summed E-state index contributed by atoms with van der Waals surface area (Å²) in [6.07, 6.45) is 5.66. The van der Waals surface area contributed by atoms with E-state index in [-0.39, 0.29) is 0 Å². The van der Waals surface area contributed by atoms with Crippen molar-refractivity contribution in [2.75, 3.05) is 11.5 Å². The van der Waals surface area contributed by atoms with Crippen molar-refractivity contribution >= 4 is 49.4 Å². The molecule has 4 aromatic heterocycles. The predicted octanol–water partition coefficient (Wildman–Crippen LogP) is 4.62. The Hall–Kier alpha value is -2.10. The molecule has 6 nitrogen and oxygen atoms in total. The summed E-state index contributed by atoms with van der Waals surface area (Å²) in [6.45, 7) is 4.06. The number of nitrogen functional groups attached to an aromatic ring is 1. The number of thiazole rings is 1. The second-order valence-corrected chi connectivity index (χ2v) is 10.2. The first kappa shape index (κ1) is 19.2. The fraction of sp³-hybridized carbons (Fsp3) is 0.316. The van der Waals surface area contributed by atoms with Crippen molar-refractivity contribution < 1.29 is 4.21 Å². The topological polar surface area (TPSA) is 86.7 Å². The van der Waals surface area contributed by atoms with Gasteiger partial charge in [0.15, 0.2) is 0 Å². The van der Waals surface area contributed by atoms with Crippen molar-refractivity contribution in [2.45, 2.75) is 30.9 Å². The Morgan fingerprint density at radius 3 is 2.75 bits per heavy atom. The molecule has 1 atom stereocenters. The molecule has 0 aliphatic heterocycles. The van der Waals surface area contributed by atoms with Crippen LogP contribution in [0.25, 0.3) is 32.2 Å². The Kier molecular flexibility index (Phi) is 5.31. The molecule has 0 bridgehead atoms. The van der Waals surface area contributed by atoms with Crippen LogP contribution in [0.3, 0.4) is 0 Å². The first-order valence-electron chi connectivity index (χ1n) is 9.01. The Balaban J connectivity index is 1.96. The van der Waals surface area contributed by atoms with Crippen LogP contribution in [-0.4, -0.2) is 29.5 Å². The van der Waals surface area contributed by atoms with Gasteiger partial charge in [0, 0.05) is 41.5 Å². The van der Waals surface area contributed by atoms with Crippen molar-refractivity contribution in [3.63, 3.8) is 0 Å². The Morgan fingerprint density at radius 2 is 2.11 bits per heavy atom. The highest BCUT2D eigenvalue weighted by Gasteiger charge is 2.22. The zero-order valence-corrected chi connectivity index (χ0v) is 18.4. The van der Waals surface area contributed by atoms with Gasteiger partial charge in [0.2, 0.25) is 0 Å². The van der Waals surface area contributed by atoms with Crippen LogP contribution in [0.15, 0.2) is 28.0 Å². The number of nitrogens with zero attached hydrogens (tertiary/aromatic N) is 4. The molecule has 2 N–H and O–H groups in total. The maximum atomic E-state index is 12.8. The molecule has 0 fully saturated rings. The zero-order valence-electron chi connectivity index (χ0n) is 15.9. The second-order valence-electron chi connectivity index (χ2n) is 6.56. The van der Waals surface area contributed by atoms with Crippen molar-refractivity contribution in [3.05, 3.63) is 29.7 Å². The Bertz CT molecular complexity index is 1140. The number of hydrogen-bond acceptors (Lipinski definition) is 7. The predicted molar refractivity (Wildman–Crippen MR) is 118 cm³/mol. The van der Waals surface area contributed by atoms with Crippen LogP contribution in [0.1, 0.15) is 25.6 Å². The Labute approximate surface area is 173 Å². The maximum absolute atomic E-state index is 12.8. The van der Waals surface area contributed by atoms with E-state index in [1.165, 1.54) is 22.7 Å². The lowest BCUT2D eigenvalue weighted by Crippen LogP contribution is -1.99. The molecular weight excluding hydrogens is 410 g/mol. The number of thiophene rings is 1. The molecule has 0 amide bonds. The standard InChI is InChI=1S/C19H21N5OS3/c1-4-5-8-28(25)19-16(20)15-12(14-10-24(3)11(2)22-14)9-13(23-18(15)27-19)17-21-6-7-26-17/h6-7,9-10H,4-5,8,20H2,1-3H3. The van der Waals surface area contributed by atoms with Crippen LogP contribution in [-0.2, 0) is 17.8 Å². The molecule has 0 spiro atoms. The van der Waals surface area contributed by atoms with Gasteiger partial charge < -0.3 is 10.3 Å². The fourth-order valence-corrected chi connectivity index (χ4v) is 6.38. The maximum Gasteiger partial charge on any atom is 0.141 e. The van der Waals surface area contributed by atoms with Crippen molar-refractivity contribution in [2.24, 2.45) is 7.05 Å². The van der Waals surface area contributed by atoms with E-state index in [0.717, 1.165) is 50.8 Å². The summed E-state index contributed by atoms with van der Waals surface area (Å²) < 4.78 is 15.5. The number of anilines is 1. The molecule has 4 heterocycles. The van der Waals surface area contributed by atoms with Gasteiger partial charge in [0.1, 0.15) is 25.6 Å². The van der Waals surface area contributed by atoms with Crippen molar-refractivity contribution in [1.29, 1.82) is 0 Å². The van der Waals surface area contributed by atoms with E-state index in [2.05, 4.69) is 16.9 Å².